The Kier molecular flexibility index (Phi) is 3.53. The van der Waals surface area contributed by atoms with Crippen molar-refractivity contribution in [3.63, 3.8) is 0 Å². The second-order valence-electron chi connectivity index (χ2n) is 2.96. The summed E-state index contributed by atoms with van der Waals surface area (Å²) in [6.07, 6.45) is 0. The molecule has 0 aliphatic carbocycles. The van der Waals surface area contributed by atoms with Gasteiger partial charge >= 0.3 is 0 Å². The maximum atomic E-state index is 5.59. The molecular weight excluding hydrogens is 323 g/mol. The first-order valence-electron chi connectivity index (χ1n) is 4.41. The van der Waals surface area contributed by atoms with E-state index in [0.29, 0.717) is 6.61 Å². The number of nitrogens with zero attached hydrogens (tertiary/aromatic N) is 2. The van der Waals surface area contributed by atoms with Crippen LogP contribution in [0.2, 0.25) is 0 Å². The minimum absolute atomic E-state index is 0.492. The van der Waals surface area contributed by atoms with Gasteiger partial charge in [0.2, 0.25) is 0 Å². The van der Waals surface area contributed by atoms with E-state index in [2.05, 4.69) is 32.8 Å². The predicted octanol–water partition coefficient (Wildman–Crippen LogP) is 3.03. The molecule has 0 amide bonds. The molecular formula is C10H9IN2OS. The van der Waals surface area contributed by atoms with E-state index in [1.165, 1.54) is 3.57 Å². The Morgan fingerprint density at radius 2 is 2.27 bits per heavy atom. The molecule has 1 heterocycles. The van der Waals surface area contributed by atoms with Crippen LogP contribution in [0, 0.1) is 10.5 Å². The Bertz CT molecular complexity index is 458. The molecule has 78 valence electrons. The van der Waals surface area contributed by atoms with Crippen molar-refractivity contribution in [2.45, 2.75) is 13.5 Å². The summed E-state index contributed by atoms with van der Waals surface area (Å²) in [4.78, 5) is 0. The van der Waals surface area contributed by atoms with Crippen LogP contribution in [-0.4, -0.2) is 10.2 Å². The van der Waals surface area contributed by atoms with Gasteiger partial charge in [-0.1, -0.05) is 17.4 Å². The average molecular weight is 332 g/mol. The first-order valence-corrected chi connectivity index (χ1v) is 6.31. The summed E-state index contributed by atoms with van der Waals surface area (Å²) < 4.78 is 6.75. The maximum absolute atomic E-state index is 5.59. The van der Waals surface area contributed by atoms with Gasteiger partial charge in [-0.3, -0.25) is 0 Å². The van der Waals surface area contributed by atoms with E-state index < -0.39 is 0 Å². The van der Waals surface area contributed by atoms with Crippen molar-refractivity contribution in [3.05, 3.63) is 37.9 Å². The fraction of sp³-hybridized carbons (Fsp3) is 0.200. The smallest absolute Gasteiger partial charge is 0.155 e. The molecule has 0 saturated heterocycles. The Morgan fingerprint density at radius 1 is 1.40 bits per heavy atom. The standard InChI is InChI=1S/C10H9IN2OS/c1-7-12-13-10(15-7)6-14-9-4-2-3-8(11)5-9/h2-5H,6H2,1H3. The van der Waals surface area contributed by atoms with Crippen LogP contribution < -0.4 is 4.74 Å². The highest BCUT2D eigenvalue weighted by Crippen LogP contribution is 2.17. The summed E-state index contributed by atoms with van der Waals surface area (Å²) in [7, 11) is 0. The quantitative estimate of drug-likeness (QED) is 0.811. The summed E-state index contributed by atoms with van der Waals surface area (Å²) in [5, 5.41) is 9.81. The van der Waals surface area contributed by atoms with Gasteiger partial charge in [-0.25, -0.2) is 0 Å². The van der Waals surface area contributed by atoms with Crippen molar-refractivity contribution in [1.29, 1.82) is 0 Å². The van der Waals surface area contributed by atoms with Crippen molar-refractivity contribution in [2.24, 2.45) is 0 Å². The molecule has 0 atom stereocenters. The third-order valence-corrected chi connectivity index (χ3v) is 3.21. The SMILES string of the molecule is Cc1nnc(COc2cccc(I)c2)s1. The summed E-state index contributed by atoms with van der Waals surface area (Å²) in [5.74, 6) is 0.870. The van der Waals surface area contributed by atoms with Crippen LogP contribution in [0.4, 0.5) is 0 Å². The molecule has 1 aromatic carbocycles. The fourth-order valence-electron chi connectivity index (χ4n) is 1.10. The molecule has 0 bridgehead atoms. The van der Waals surface area contributed by atoms with Gasteiger partial charge in [-0.05, 0) is 47.7 Å². The topological polar surface area (TPSA) is 35.0 Å². The molecule has 0 spiro atoms. The van der Waals surface area contributed by atoms with Crippen molar-refractivity contribution in [3.8, 4) is 5.75 Å². The van der Waals surface area contributed by atoms with Gasteiger partial charge in [-0.2, -0.15) is 0 Å². The zero-order chi connectivity index (χ0) is 10.7. The lowest BCUT2D eigenvalue weighted by Crippen LogP contribution is -1.94. The number of aryl methyl sites for hydroxylation is 1. The Morgan fingerprint density at radius 3 is 2.93 bits per heavy atom. The monoisotopic (exact) mass is 332 g/mol. The third-order valence-electron chi connectivity index (χ3n) is 1.73. The minimum atomic E-state index is 0.492. The first-order chi connectivity index (χ1) is 7.24. The molecule has 1 aromatic heterocycles. The van der Waals surface area contributed by atoms with Crippen LogP contribution in [0.5, 0.6) is 5.75 Å². The molecule has 0 fully saturated rings. The number of hydrogen-bond acceptors (Lipinski definition) is 4. The van der Waals surface area contributed by atoms with Crippen LogP contribution in [0.1, 0.15) is 10.0 Å². The zero-order valence-corrected chi connectivity index (χ0v) is 11.1. The van der Waals surface area contributed by atoms with E-state index in [0.717, 1.165) is 15.8 Å². The molecule has 0 aliphatic heterocycles. The highest BCUT2D eigenvalue weighted by Gasteiger charge is 2.01. The average Bonchev–Trinajstić information content (AvgIpc) is 2.62. The predicted molar refractivity (Wildman–Crippen MR) is 68.1 cm³/mol. The molecule has 2 rings (SSSR count). The van der Waals surface area contributed by atoms with Crippen LogP contribution in [0.25, 0.3) is 0 Å². The normalized spacial score (nSPS) is 10.3. The number of ether oxygens (including phenoxy) is 1. The highest BCUT2D eigenvalue weighted by molar-refractivity contribution is 14.1. The number of hydrogen-bond donors (Lipinski definition) is 0. The lowest BCUT2D eigenvalue weighted by atomic mass is 10.3. The second-order valence-corrected chi connectivity index (χ2v) is 5.47. The van der Waals surface area contributed by atoms with Crippen molar-refractivity contribution < 1.29 is 4.74 Å². The lowest BCUT2D eigenvalue weighted by molar-refractivity contribution is 0.304. The van der Waals surface area contributed by atoms with E-state index in [1.54, 1.807) is 11.3 Å². The molecule has 0 aliphatic rings. The zero-order valence-electron chi connectivity index (χ0n) is 8.11. The van der Waals surface area contributed by atoms with E-state index >= 15 is 0 Å². The first kappa shape index (κ1) is 10.8. The van der Waals surface area contributed by atoms with Crippen molar-refractivity contribution in [2.75, 3.05) is 0 Å². The second kappa shape index (κ2) is 4.89. The molecule has 2 aromatic rings. The maximum Gasteiger partial charge on any atom is 0.155 e. The summed E-state index contributed by atoms with van der Waals surface area (Å²) in [6, 6.07) is 7.94. The highest BCUT2D eigenvalue weighted by atomic mass is 127. The van der Waals surface area contributed by atoms with E-state index in [-0.39, 0.29) is 0 Å². The van der Waals surface area contributed by atoms with Crippen molar-refractivity contribution in [1.82, 2.24) is 10.2 Å². The molecule has 5 heteroatoms. The van der Waals surface area contributed by atoms with E-state index in [9.17, 15) is 0 Å². The summed E-state index contributed by atoms with van der Waals surface area (Å²) in [5.41, 5.74) is 0. The molecule has 0 unspecified atom stereocenters. The number of aromatic nitrogens is 2. The van der Waals surface area contributed by atoms with E-state index in [4.69, 9.17) is 4.74 Å². The number of benzene rings is 1. The van der Waals surface area contributed by atoms with Crippen LogP contribution in [0.15, 0.2) is 24.3 Å². The van der Waals surface area contributed by atoms with Crippen molar-refractivity contribution >= 4 is 33.9 Å². The number of halogens is 1. The Hall–Kier alpha value is -0.690. The molecule has 0 radical (unpaired) electrons. The molecule has 0 saturated carbocycles. The Balaban J connectivity index is 1.99. The van der Waals surface area contributed by atoms with Gasteiger partial charge in [0.05, 0.1) is 0 Å². The van der Waals surface area contributed by atoms with Gasteiger partial charge in [0.25, 0.3) is 0 Å². The van der Waals surface area contributed by atoms with Gasteiger partial charge in [0.15, 0.2) is 5.01 Å². The molecule has 3 nitrogen and oxygen atoms in total. The molecule has 0 N–H and O–H groups in total. The largest absolute Gasteiger partial charge is 0.486 e. The van der Waals surface area contributed by atoms with E-state index in [1.807, 2.05) is 31.2 Å². The van der Waals surface area contributed by atoms with Gasteiger partial charge in [0, 0.05) is 3.57 Å². The minimum Gasteiger partial charge on any atom is -0.486 e. The summed E-state index contributed by atoms with van der Waals surface area (Å²) in [6.45, 7) is 2.43. The summed E-state index contributed by atoms with van der Waals surface area (Å²) >= 11 is 3.82. The van der Waals surface area contributed by atoms with Crippen LogP contribution >= 0.6 is 33.9 Å². The number of rotatable bonds is 3. The van der Waals surface area contributed by atoms with Gasteiger partial charge in [0.1, 0.15) is 17.4 Å². The van der Waals surface area contributed by atoms with Gasteiger partial charge in [-0.15, -0.1) is 10.2 Å². The van der Waals surface area contributed by atoms with Gasteiger partial charge < -0.3 is 4.74 Å². The Labute approximate surface area is 106 Å². The van der Waals surface area contributed by atoms with Crippen LogP contribution in [-0.2, 0) is 6.61 Å². The fourth-order valence-corrected chi connectivity index (χ4v) is 2.23. The lowest BCUT2D eigenvalue weighted by Gasteiger charge is -2.03. The molecule has 15 heavy (non-hydrogen) atoms. The third kappa shape index (κ3) is 3.13. The van der Waals surface area contributed by atoms with Crippen LogP contribution in [0.3, 0.4) is 0 Å².